The molecule has 0 spiro atoms. The number of quaternary nitrogens is 1. The average molecular weight is 498 g/mol. The van der Waals surface area contributed by atoms with Gasteiger partial charge in [0.05, 0.1) is 13.5 Å². The summed E-state index contributed by atoms with van der Waals surface area (Å²) in [4.78, 5) is 40.8. The Balaban J connectivity index is 1.70. The molecule has 0 aromatic rings. The highest BCUT2D eigenvalue weighted by atomic mass is 16.6. The number of amidine groups is 1. The SMILES string of the molecule is CC(C)(C)OC(=O)NC(=N)C(C1CCNCC1)[N+]1(C)CC(N2CCN(CCC(=O)O)CC2)OC1=O. The molecule has 3 rings (SSSR count). The lowest BCUT2D eigenvalue weighted by Crippen LogP contribution is -2.64. The van der Waals surface area contributed by atoms with Crippen molar-refractivity contribution in [2.75, 3.05) is 59.4 Å². The van der Waals surface area contributed by atoms with Crippen molar-refractivity contribution in [1.29, 1.82) is 5.41 Å². The lowest BCUT2D eigenvalue weighted by Gasteiger charge is -2.40. The van der Waals surface area contributed by atoms with Gasteiger partial charge in [-0.05, 0) is 46.7 Å². The average Bonchev–Trinajstić information content (AvgIpc) is 3.06. The lowest BCUT2D eigenvalue weighted by molar-refractivity contribution is -0.844. The van der Waals surface area contributed by atoms with Crippen LogP contribution in [0.4, 0.5) is 9.59 Å². The maximum absolute atomic E-state index is 13.3. The highest BCUT2D eigenvalue weighted by Gasteiger charge is 2.57. The van der Waals surface area contributed by atoms with Crippen LogP contribution in [-0.4, -0.2) is 121 Å². The van der Waals surface area contributed by atoms with E-state index in [9.17, 15) is 14.4 Å². The second kappa shape index (κ2) is 11.2. The summed E-state index contributed by atoms with van der Waals surface area (Å²) in [5.41, 5.74) is -0.697. The predicted octanol–water partition coefficient (Wildman–Crippen LogP) is 0.872. The van der Waals surface area contributed by atoms with Crippen LogP contribution in [-0.2, 0) is 14.3 Å². The first-order valence-electron chi connectivity index (χ1n) is 12.4. The summed E-state index contributed by atoms with van der Waals surface area (Å²) in [6.45, 7) is 10.5. The first kappa shape index (κ1) is 27.3. The van der Waals surface area contributed by atoms with Crippen molar-refractivity contribution in [3.8, 4) is 0 Å². The number of nitrogens with zero attached hydrogens (tertiary/aromatic N) is 3. The van der Waals surface area contributed by atoms with Gasteiger partial charge in [0, 0.05) is 38.6 Å². The van der Waals surface area contributed by atoms with Crippen molar-refractivity contribution in [2.45, 2.75) is 57.9 Å². The minimum Gasteiger partial charge on any atom is -0.481 e. The maximum atomic E-state index is 13.3. The zero-order chi connectivity index (χ0) is 25.8. The van der Waals surface area contributed by atoms with E-state index in [2.05, 4.69) is 20.4 Å². The van der Waals surface area contributed by atoms with Gasteiger partial charge in [-0.3, -0.25) is 20.4 Å². The molecule has 0 saturated carbocycles. The third-order valence-electron chi connectivity index (χ3n) is 7.02. The van der Waals surface area contributed by atoms with E-state index in [1.807, 2.05) is 0 Å². The molecule has 0 aromatic heterocycles. The number of likely N-dealkylation sites (N-methyl/N-ethyl adjacent to an activating group) is 1. The molecule has 35 heavy (non-hydrogen) atoms. The van der Waals surface area contributed by atoms with Crippen molar-refractivity contribution in [2.24, 2.45) is 5.92 Å². The molecule has 0 bridgehead atoms. The fraction of sp³-hybridized carbons (Fsp3) is 0.826. The molecule has 0 aromatic carbocycles. The number of hydrogen-bond donors (Lipinski definition) is 4. The van der Waals surface area contributed by atoms with Crippen LogP contribution in [0.25, 0.3) is 0 Å². The van der Waals surface area contributed by atoms with Gasteiger partial charge in [-0.1, -0.05) is 0 Å². The molecule has 3 heterocycles. The Kier molecular flexibility index (Phi) is 8.73. The number of cyclic esters (lactones) is 1. The van der Waals surface area contributed by atoms with Gasteiger partial charge in [-0.25, -0.2) is 9.28 Å². The Morgan fingerprint density at radius 2 is 1.89 bits per heavy atom. The number of carboxylic acids is 1. The number of ether oxygens (including phenoxy) is 2. The van der Waals surface area contributed by atoms with Crippen LogP contribution < -0.4 is 10.6 Å². The zero-order valence-electron chi connectivity index (χ0n) is 21.3. The van der Waals surface area contributed by atoms with E-state index in [4.69, 9.17) is 20.0 Å². The van der Waals surface area contributed by atoms with Gasteiger partial charge >= 0.3 is 18.2 Å². The molecule has 2 amide bonds. The zero-order valence-corrected chi connectivity index (χ0v) is 21.3. The number of piperazine rings is 1. The molecule has 3 unspecified atom stereocenters. The van der Waals surface area contributed by atoms with E-state index in [1.54, 1.807) is 27.8 Å². The van der Waals surface area contributed by atoms with Crippen LogP contribution in [0, 0.1) is 11.3 Å². The maximum Gasteiger partial charge on any atom is 0.518 e. The van der Waals surface area contributed by atoms with Crippen LogP contribution >= 0.6 is 0 Å². The lowest BCUT2D eigenvalue weighted by atomic mass is 9.87. The van der Waals surface area contributed by atoms with Crippen LogP contribution in [0.2, 0.25) is 0 Å². The molecule has 0 radical (unpaired) electrons. The van der Waals surface area contributed by atoms with E-state index in [1.165, 1.54) is 0 Å². The Morgan fingerprint density at radius 1 is 1.26 bits per heavy atom. The molecule has 3 aliphatic heterocycles. The quantitative estimate of drug-likeness (QED) is 0.229. The van der Waals surface area contributed by atoms with E-state index >= 15 is 0 Å². The second-order valence-electron chi connectivity index (χ2n) is 10.9. The summed E-state index contributed by atoms with van der Waals surface area (Å²) >= 11 is 0. The molecular formula is C23H41N6O6+. The standard InChI is InChI=1S/C23H40N6O6/c1-23(2,3)35-21(32)26-20(24)19(16-5-8-25-9-6-16)29(4)15-17(34-22(29)33)28-13-11-27(12-14-28)10-7-18(30)31/h16-17,19,25H,5-15H2,1-4H3,(H2-,24,26,30,31,32)/p+1. The molecule has 3 aliphatic rings. The molecule has 3 fully saturated rings. The summed E-state index contributed by atoms with van der Waals surface area (Å²) in [6.07, 6.45) is 0.163. The number of aliphatic carboxylic acids is 1. The van der Waals surface area contributed by atoms with Crippen LogP contribution in [0.3, 0.4) is 0 Å². The predicted molar refractivity (Wildman–Crippen MR) is 128 cm³/mol. The summed E-state index contributed by atoms with van der Waals surface area (Å²) < 4.78 is 11.1. The highest BCUT2D eigenvalue weighted by Crippen LogP contribution is 2.33. The minimum absolute atomic E-state index is 0.0234. The van der Waals surface area contributed by atoms with E-state index in [0.29, 0.717) is 39.3 Å². The fourth-order valence-corrected chi connectivity index (χ4v) is 5.25. The first-order valence-corrected chi connectivity index (χ1v) is 12.4. The molecular weight excluding hydrogens is 456 g/mol. The Morgan fingerprint density at radius 3 is 2.46 bits per heavy atom. The molecule has 198 valence electrons. The van der Waals surface area contributed by atoms with E-state index in [-0.39, 0.29) is 22.7 Å². The van der Waals surface area contributed by atoms with Crippen molar-refractivity contribution < 1.29 is 33.4 Å². The normalized spacial score (nSPS) is 27.8. The summed E-state index contributed by atoms with van der Waals surface area (Å²) in [6, 6.07) is -0.557. The molecule has 0 aliphatic carbocycles. The highest BCUT2D eigenvalue weighted by molar-refractivity contribution is 5.97. The summed E-state index contributed by atoms with van der Waals surface area (Å²) in [5.74, 6) is -0.802. The number of piperidine rings is 1. The number of rotatable bonds is 7. The Hall–Kier alpha value is -2.28. The summed E-state index contributed by atoms with van der Waals surface area (Å²) in [5, 5.41) is 23.6. The van der Waals surface area contributed by atoms with Gasteiger partial charge in [-0.2, -0.15) is 4.79 Å². The van der Waals surface area contributed by atoms with Crippen molar-refractivity contribution in [3.63, 3.8) is 0 Å². The van der Waals surface area contributed by atoms with Gasteiger partial charge in [0.15, 0.2) is 11.9 Å². The number of alkyl carbamates (subject to hydrolysis) is 1. The Labute approximate surface area is 207 Å². The van der Waals surface area contributed by atoms with E-state index < -0.39 is 36.0 Å². The van der Waals surface area contributed by atoms with Crippen LogP contribution in [0.15, 0.2) is 0 Å². The largest absolute Gasteiger partial charge is 0.518 e. The Bertz CT molecular complexity index is 803. The molecule has 3 saturated heterocycles. The third-order valence-corrected chi connectivity index (χ3v) is 7.02. The van der Waals surface area contributed by atoms with E-state index in [0.717, 1.165) is 25.9 Å². The molecule has 3 atom stereocenters. The van der Waals surface area contributed by atoms with Crippen LogP contribution in [0.5, 0.6) is 0 Å². The number of amides is 2. The number of hydrogen-bond acceptors (Lipinski definition) is 9. The second-order valence-corrected chi connectivity index (χ2v) is 10.9. The van der Waals surface area contributed by atoms with Gasteiger partial charge in [0.25, 0.3) is 0 Å². The topological polar surface area (TPSA) is 144 Å². The van der Waals surface area contributed by atoms with Crippen LogP contribution in [0.1, 0.15) is 40.0 Å². The van der Waals surface area contributed by atoms with Gasteiger partial charge in [0.2, 0.25) is 6.23 Å². The molecule has 4 N–H and O–H groups in total. The van der Waals surface area contributed by atoms with Gasteiger partial charge in [-0.15, -0.1) is 0 Å². The monoisotopic (exact) mass is 497 g/mol. The van der Waals surface area contributed by atoms with Crippen molar-refractivity contribution >= 4 is 24.0 Å². The third kappa shape index (κ3) is 7.12. The number of carbonyl (C=O) groups is 3. The molecule has 12 heteroatoms. The van der Waals surface area contributed by atoms with Crippen molar-refractivity contribution in [3.05, 3.63) is 0 Å². The smallest absolute Gasteiger partial charge is 0.481 e. The van der Waals surface area contributed by atoms with Gasteiger partial charge in [0.1, 0.15) is 12.1 Å². The number of nitrogens with one attached hydrogen (secondary N) is 3. The van der Waals surface area contributed by atoms with Crippen molar-refractivity contribution in [1.82, 2.24) is 20.4 Å². The number of carbonyl (C=O) groups excluding carboxylic acids is 2. The summed E-state index contributed by atoms with van der Waals surface area (Å²) in [7, 11) is 1.80. The molecule has 12 nitrogen and oxygen atoms in total. The fourth-order valence-electron chi connectivity index (χ4n) is 5.25. The van der Waals surface area contributed by atoms with Gasteiger partial charge < -0.3 is 24.8 Å². The minimum atomic E-state index is -0.809. The first-order chi connectivity index (χ1) is 16.4. The number of carboxylic acid groups (broad SMARTS) is 1.